The normalized spacial score (nSPS) is 25.0. The third kappa shape index (κ3) is 2.11. The number of benzene rings is 1. The minimum atomic E-state index is 0.589. The Labute approximate surface area is 125 Å². The van der Waals surface area contributed by atoms with E-state index in [1.165, 1.54) is 32.1 Å². The molecule has 0 bridgehead atoms. The van der Waals surface area contributed by atoms with Gasteiger partial charge in [-0.05, 0) is 43.7 Å². The van der Waals surface area contributed by atoms with E-state index < -0.39 is 0 Å². The molecule has 0 radical (unpaired) electrons. The Kier molecular flexibility index (Phi) is 3.13. The molecule has 0 N–H and O–H groups in total. The number of hydrogen-bond acceptors (Lipinski definition) is 3. The van der Waals surface area contributed by atoms with Gasteiger partial charge in [-0.3, -0.25) is 4.79 Å². The van der Waals surface area contributed by atoms with Crippen molar-refractivity contribution in [2.24, 2.45) is 5.92 Å². The van der Waals surface area contributed by atoms with Crippen LogP contribution < -0.4 is 4.90 Å². The van der Waals surface area contributed by atoms with Crippen molar-refractivity contribution in [2.45, 2.75) is 38.1 Å². The van der Waals surface area contributed by atoms with E-state index >= 15 is 0 Å². The smallest absolute Gasteiger partial charge is 0.153 e. The topological polar surface area (TPSA) is 33.2 Å². The number of rotatable bonds is 2. The van der Waals surface area contributed by atoms with Gasteiger partial charge in [0.1, 0.15) is 5.82 Å². The minimum absolute atomic E-state index is 0.589. The highest BCUT2D eigenvalue weighted by Crippen LogP contribution is 2.39. The third-order valence-corrected chi connectivity index (χ3v) is 5.12. The van der Waals surface area contributed by atoms with Crippen molar-refractivity contribution < 1.29 is 4.79 Å². The van der Waals surface area contributed by atoms with E-state index in [2.05, 4.69) is 4.90 Å². The standard InChI is InChI=1S/C18H20N2O/c21-12-15-11-14-5-1-2-8-16(14)19-18(15)20-10-4-7-13-6-3-9-17(13)20/h1-2,5,8,11-13,17H,3-4,6-7,9-10H2. The zero-order chi connectivity index (χ0) is 14.2. The van der Waals surface area contributed by atoms with Crippen LogP contribution in [0.4, 0.5) is 5.82 Å². The summed E-state index contributed by atoms with van der Waals surface area (Å²) in [5, 5.41) is 1.04. The van der Waals surface area contributed by atoms with Gasteiger partial charge in [0, 0.05) is 18.0 Å². The summed E-state index contributed by atoms with van der Waals surface area (Å²) < 4.78 is 0. The average molecular weight is 280 g/mol. The van der Waals surface area contributed by atoms with Gasteiger partial charge in [0.15, 0.2) is 6.29 Å². The zero-order valence-corrected chi connectivity index (χ0v) is 12.2. The van der Waals surface area contributed by atoms with Gasteiger partial charge in [0.05, 0.1) is 11.1 Å². The highest BCUT2D eigenvalue weighted by molar-refractivity contribution is 5.91. The quantitative estimate of drug-likeness (QED) is 0.784. The van der Waals surface area contributed by atoms with Crippen LogP contribution in [0.3, 0.4) is 0 Å². The van der Waals surface area contributed by atoms with E-state index in [-0.39, 0.29) is 0 Å². The maximum atomic E-state index is 11.5. The maximum Gasteiger partial charge on any atom is 0.153 e. The number of carbonyl (C=O) groups is 1. The number of para-hydroxylation sites is 1. The zero-order valence-electron chi connectivity index (χ0n) is 12.2. The molecule has 21 heavy (non-hydrogen) atoms. The summed E-state index contributed by atoms with van der Waals surface area (Å²) in [6, 6.07) is 10.6. The summed E-state index contributed by atoms with van der Waals surface area (Å²) >= 11 is 0. The molecule has 2 fully saturated rings. The van der Waals surface area contributed by atoms with Crippen LogP contribution in [0.1, 0.15) is 42.5 Å². The lowest BCUT2D eigenvalue weighted by Crippen LogP contribution is -2.43. The maximum absolute atomic E-state index is 11.5. The lowest BCUT2D eigenvalue weighted by molar-refractivity contribution is 0.112. The number of aromatic nitrogens is 1. The summed E-state index contributed by atoms with van der Waals surface area (Å²) in [7, 11) is 0. The Hall–Kier alpha value is -1.90. The number of hydrogen-bond donors (Lipinski definition) is 0. The van der Waals surface area contributed by atoms with Gasteiger partial charge in [0.2, 0.25) is 0 Å². The van der Waals surface area contributed by atoms with E-state index in [4.69, 9.17) is 4.98 Å². The van der Waals surface area contributed by atoms with E-state index in [1.54, 1.807) is 0 Å². The van der Waals surface area contributed by atoms with Crippen molar-refractivity contribution >= 4 is 23.0 Å². The Morgan fingerprint density at radius 2 is 2.00 bits per heavy atom. The molecule has 2 atom stereocenters. The number of carbonyl (C=O) groups excluding carboxylic acids is 1. The van der Waals surface area contributed by atoms with Gasteiger partial charge in [-0.15, -0.1) is 0 Å². The van der Waals surface area contributed by atoms with Crippen LogP contribution in [0.2, 0.25) is 0 Å². The number of pyridine rings is 1. The molecule has 108 valence electrons. The summed E-state index contributed by atoms with van der Waals surface area (Å²) in [5.74, 6) is 1.70. The van der Waals surface area contributed by atoms with E-state index in [0.29, 0.717) is 6.04 Å². The van der Waals surface area contributed by atoms with Crippen molar-refractivity contribution in [3.63, 3.8) is 0 Å². The molecule has 1 aliphatic carbocycles. The highest BCUT2D eigenvalue weighted by Gasteiger charge is 2.36. The first kappa shape index (κ1) is 12.8. The predicted molar refractivity (Wildman–Crippen MR) is 84.8 cm³/mol. The summed E-state index contributed by atoms with van der Waals surface area (Å²) in [4.78, 5) is 18.8. The van der Waals surface area contributed by atoms with Crippen molar-refractivity contribution in [1.29, 1.82) is 0 Å². The van der Waals surface area contributed by atoms with Gasteiger partial charge in [0.25, 0.3) is 0 Å². The number of piperidine rings is 1. The van der Waals surface area contributed by atoms with Crippen molar-refractivity contribution in [1.82, 2.24) is 4.98 Å². The van der Waals surface area contributed by atoms with Gasteiger partial charge in [-0.2, -0.15) is 0 Å². The molecule has 0 spiro atoms. The molecule has 1 saturated carbocycles. The lowest BCUT2D eigenvalue weighted by atomic mass is 9.91. The number of fused-ring (bicyclic) bond motifs is 2. The van der Waals surface area contributed by atoms with Gasteiger partial charge in [-0.1, -0.05) is 24.6 Å². The first-order valence-corrected chi connectivity index (χ1v) is 7.98. The largest absolute Gasteiger partial charge is 0.353 e. The van der Waals surface area contributed by atoms with E-state index in [0.717, 1.165) is 41.0 Å². The molecule has 4 rings (SSSR count). The molecule has 2 unspecified atom stereocenters. The number of aldehydes is 1. The van der Waals surface area contributed by atoms with Crippen molar-refractivity contribution in [3.05, 3.63) is 35.9 Å². The predicted octanol–water partition coefficient (Wildman–Crippen LogP) is 3.82. The molecule has 0 amide bonds. The minimum Gasteiger partial charge on any atom is -0.353 e. The molecule has 2 aliphatic rings. The Balaban J connectivity index is 1.82. The molecule has 3 nitrogen and oxygen atoms in total. The summed E-state index contributed by atoms with van der Waals surface area (Å²) in [6.45, 7) is 1.04. The second-order valence-electron chi connectivity index (χ2n) is 6.31. The van der Waals surface area contributed by atoms with Crippen LogP contribution in [0.25, 0.3) is 10.9 Å². The fourth-order valence-electron chi connectivity index (χ4n) is 4.16. The Bertz CT molecular complexity index is 682. The van der Waals surface area contributed by atoms with Crippen molar-refractivity contribution in [3.8, 4) is 0 Å². The summed E-state index contributed by atoms with van der Waals surface area (Å²) in [6.07, 6.45) is 7.42. The van der Waals surface area contributed by atoms with Crippen molar-refractivity contribution in [2.75, 3.05) is 11.4 Å². The molecular formula is C18H20N2O. The number of nitrogens with zero attached hydrogens (tertiary/aromatic N) is 2. The van der Waals surface area contributed by atoms with Crippen LogP contribution >= 0.6 is 0 Å². The lowest BCUT2D eigenvalue weighted by Gasteiger charge is -2.39. The molecule has 2 aromatic rings. The Morgan fingerprint density at radius 1 is 1.14 bits per heavy atom. The second kappa shape index (κ2) is 5.14. The van der Waals surface area contributed by atoms with Crippen LogP contribution in [-0.2, 0) is 0 Å². The first-order valence-electron chi connectivity index (χ1n) is 7.98. The third-order valence-electron chi connectivity index (χ3n) is 5.12. The summed E-state index contributed by atoms with van der Waals surface area (Å²) in [5.41, 5.74) is 1.72. The molecule has 3 heteroatoms. The van der Waals surface area contributed by atoms with E-state index in [1.807, 2.05) is 30.3 Å². The molecule has 1 aromatic heterocycles. The molecule has 1 aliphatic heterocycles. The Morgan fingerprint density at radius 3 is 2.90 bits per heavy atom. The van der Waals surface area contributed by atoms with Crippen LogP contribution in [-0.4, -0.2) is 23.9 Å². The SMILES string of the molecule is O=Cc1cc2ccccc2nc1N1CCCC2CCCC21. The molecule has 2 heterocycles. The number of anilines is 1. The highest BCUT2D eigenvalue weighted by atomic mass is 16.1. The van der Waals surface area contributed by atoms with Gasteiger partial charge in [-0.25, -0.2) is 4.98 Å². The van der Waals surface area contributed by atoms with Gasteiger partial charge >= 0.3 is 0 Å². The molecule has 1 saturated heterocycles. The monoisotopic (exact) mass is 280 g/mol. The second-order valence-corrected chi connectivity index (χ2v) is 6.31. The van der Waals surface area contributed by atoms with Crippen LogP contribution in [0, 0.1) is 5.92 Å². The van der Waals surface area contributed by atoms with Gasteiger partial charge < -0.3 is 4.90 Å². The van der Waals surface area contributed by atoms with E-state index in [9.17, 15) is 4.79 Å². The van der Waals surface area contributed by atoms with Crippen LogP contribution in [0.15, 0.2) is 30.3 Å². The van der Waals surface area contributed by atoms with Crippen LogP contribution in [0.5, 0.6) is 0 Å². The fourth-order valence-corrected chi connectivity index (χ4v) is 4.16. The molecule has 1 aromatic carbocycles. The fraction of sp³-hybridized carbons (Fsp3) is 0.444. The average Bonchev–Trinajstić information content (AvgIpc) is 3.02. The first-order chi connectivity index (χ1) is 10.4. The molecular weight excluding hydrogens is 260 g/mol.